The Morgan fingerprint density at radius 1 is 1.14 bits per heavy atom. The number of piperidine rings is 1. The fraction of sp³-hybridized carbons (Fsp3) is 0.857. The minimum absolute atomic E-state index is 0.161. The lowest BCUT2D eigenvalue weighted by molar-refractivity contribution is -0.175. The first-order valence-corrected chi connectivity index (χ1v) is 10.5. The maximum atomic E-state index is 13.3. The number of rotatable bonds is 6. The number of likely N-dealkylation sites (tertiary alicyclic amines) is 1. The predicted molar refractivity (Wildman–Crippen MR) is 106 cm³/mol. The SMILES string of the molecule is C[C@H](N)C(=O)C1(C(=O)O)C(C2CCCCC2)CCCN1CC(=O)OC(C)(C)C. The first-order valence-electron chi connectivity index (χ1n) is 10.5. The van der Waals surface area contributed by atoms with Gasteiger partial charge in [0.1, 0.15) is 5.60 Å². The van der Waals surface area contributed by atoms with Crippen molar-refractivity contribution in [2.45, 2.75) is 89.8 Å². The summed E-state index contributed by atoms with van der Waals surface area (Å²) in [7, 11) is 0. The third kappa shape index (κ3) is 4.74. The Balaban J connectivity index is 2.44. The standard InChI is InChI=1S/C21H36N2O5/c1-14(22)18(25)21(19(26)27)16(15-9-6-5-7-10-15)11-8-12-23(21)13-17(24)28-20(2,3)4/h14-16H,5-13,22H2,1-4H3,(H,26,27)/t14-,16?,21?/m0/s1. The van der Waals surface area contributed by atoms with E-state index in [1.807, 2.05) is 0 Å². The Kier molecular flexibility index (Phi) is 7.26. The van der Waals surface area contributed by atoms with Gasteiger partial charge in [0, 0.05) is 6.54 Å². The number of carboxylic acids is 1. The molecule has 3 atom stereocenters. The number of carbonyl (C=O) groups is 3. The molecule has 1 heterocycles. The topological polar surface area (TPSA) is 110 Å². The van der Waals surface area contributed by atoms with E-state index in [1.165, 1.54) is 11.8 Å². The van der Waals surface area contributed by atoms with Crippen LogP contribution in [-0.2, 0) is 19.1 Å². The molecule has 0 radical (unpaired) electrons. The summed E-state index contributed by atoms with van der Waals surface area (Å²) in [6.07, 6.45) is 6.51. The highest BCUT2D eigenvalue weighted by molar-refractivity contribution is 6.10. The first kappa shape index (κ1) is 22.8. The van der Waals surface area contributed by atoms with E-state index in [0.717, 1.165) is 38.5 Å². The maximum absolute atomic E-state index is 13.3. The van der Waals surface area contributed by atoms with E-state index >= 15 is 0 Å². The number of esters is 1. The molecule has 2 rings (SSSR count). The summed E-state index contributed by atoms with van der Waals surface area (Å²) in [6.45, 7) is 6.99. The Morgan fingerprint density at radius 2 is 1.75 bits per heavy atom. The smallest absolute Gasteiger partial charge is 0.332 e. The van der Waals surface area contributed by atoms with E-state index in [2.05, 4.69) is 0 Å². The molecule has 7 nitrogen and oxygen atoms in total. The van der Waals surface area contributed by atoms with Gasteiger partial charge in [-0.15, -0.1) is 0 Å². The van der Waals surface area contributed by atoms with Crippen molar-refractivity contribution in [3.63, 3.8) is 0 Å². The van der Waals surface area contributed by atoms with Crippen molar-refractivity contribution in [3.8, 4) is 0 Å². The minimum Gasteiger partial charge on any atom is -0.480 e. The third-order valence-corrected chi connectivity index (χ3v) is 6.05. The van der Waals surface area contributed by atoms with Crippen LogP contribution in [0.5, 0.6) is 0 Å². The van der Waals surface area contributed by atoms with Gasteiger partial charge >= 0.3 is 11.9 Å². The molecule has 28 heavy (non-hydrogen) atoms. The average molecular weight is 397 g/mol. The fourth-order valence-electron chi connectivity index (χ4n) is 5.05. The van der Waals surface area contributed by atoms with E-state index in [9.17, 15) is 19.5 Å². The first-order chi connectivity index (χ1) is 13.0. The summed E-state index contributed by atoms with van der Waals surface area (Å²) >= 11 is 0. The number of ketones is 1. The highest BCUT2D eigenvalue weighted by atomic mass is 16.6. The molecule has 1 saturated carbocycles. The van der Waals surface area contributed by atoms with E-state index in [-0.39, 0.29) is 18.4 Å². The molecule has 0 spiro atoms. The number of nitrogens with two attached hydrogens (primary N) is 1. The van der Waals surface area contributed by atoms with Crippen LogP contribution in [0.15, 0.2) is 0 Å². The Bertz CT molecular complexity index is 592. The van der Waals surface area contributed by atoms with Crippen LogP contribution in [0.25, 0.3) is 0 Å². The zero-order valence-electron chi connectivity index (χ0n) is 17.7. The molecule has 0 amide bonds. The van der Waals surface area contributed by atoms with Gasteiger partial charge in [-0.2, -0.15) is 0 Å². The second-order valence-corrected chi connectivity index (χ2v) is 9.38. The van der Waals surface area contributed by atoms with Crippen molar-refractivity contribution < 1.29 is 24.2 Å². The molecule has 2 unspecified atom stereocenters. The Labute approximate surface area is 168 Å². The van der Waals surface area contributed by atoms with Crippen LogP contribution in [-0.4, -0.2) is 58.0 Å². The number of hydrogen-bond acceptors (Lipinski definition) is 6. The van der Waals surface area contributed by atoms with Crippen LogP contribution in [0.1, 0.15) is 72.6 Å². The molecule has 160 valence electrons. The molecule has 2 fully saturated rings. The third-order valence-electron chi connectivity index (χ3n) is 6.05. The maximum Gasteiger partial charge on any atom is 0.332 e. The predicted octanol–water partition coefficient (Wildman–Crippen LogP) is 2.36. The van der Waals surface area contributed by atoms with Crippen LogP contribution < -0.4 is 5.73 Å². The molecule has 0 aromatic heterocycles. The lowest BCUT2D eigenvalue weighted by Crippen LogP contribution is -2.71. The van der Waals surface area contributed by atoms with E-state index in [4.69, 9.17) is 10.5 Å². The van der Waals surface area contributed by atoms with Gasteiger partial charge in [-0.05, 0) is 52.4 Å². The number of aliphatic carboxylic acids is 1. The molecule has 0 aromatic carbocycles. The van der Waals surface area contributed by atoms with Crippen molar-refractivity contribution in [1.82, 2.24) is 4.90 Å². The quantitative estimate of drug-likeness (QED) is 0.524. The number of nitrogens with zero attached hydrogens (tertiary/aromatic N) is 1. The molecule has 0 aromatic rings. The van der Waals surface area contributed by atoms with Crippen molar-refractivity contribution in [2.24, 2.45) is 17.6 Å². The van der Waals surface area contributed by atoms with Crippen LogP contribution in [0.2, 0.25) is 0 Å². The van der Waals surface area contributed by atoms with Crippen molar-refractivity contribution >= 4 is 17.7 Å². The van der Waals surface area contributed by atoms with Crippen LogP contribution in [0, 0.1) is 11.8 Å². The normalized spacial score (nSPS) is 28.5. The van der Waals surface area contributed by atoms with Crippen molar-refractivity contribution in [1.29, 1.82) is 0 Å². The highest BCUT2D eigenvalue weighted by Gasteiger charge is 2.60. The number of Topliss-reactive ketones (excluding diaryl/α,β-unsaturated/α-hetero) is 1. The summed E-state index contributed by atoms with van der Waals surface area (Å²) in [5, 5.41) is 10.4. The molecular formula is C21H36N2O5. The minimum atomic E-state index is -1.76. The summed E-state index contributed by atoms with van der Waals surface area (Å²) in [6, 6.07) is -0.915. The zero-order chi connectivity index (χ0) is 21.1. The van der Waals surface area contributed by atoms with Gasteiger partial charge in [0.25, 0.3) is 0 Å². The number of ether oxygens (including phenoxy) is 1. The van der Waals surface area contributed by atoms with Gasteiger partial charge in [0.15, 0.2) is 11.3 Å². The summed E-state index contributed by atoms with van der Waals surface area (Å²) in [4.78, 5) is 40.0. The number of carboxylic acid groups (broad SMARTS) is 1. The Morgan fingerprint density at radius 3 is 2.25 bits per heavy atom. The van der Waals surface area contributed by atoms with Gasteiger partial charge in [-0.3, -0.25) is 14.5 Å². The summed E-state index contributed by atoms with van der Waals surface area (Å²) in [5.41, 5.74) is 3.49. The van der Waals surface area contributed by atoms with Gasteiger partial charge in [-0.25, -0.2) is 4.79 Å². The summed E-state index contributed by atoms with van der Waals surface area (Å²) < 4.78 is 5.42. The van der Waals surface area contributed by atoms with Crippen molar-refractivity contribution in [2.75, 3.05) is 13.1 Å². The highest BCUT2D eigenvalue weighted by Crippen LogP contribution is 2.45. The Hall–Kier alpha value is -1.47. The van der Waals surface area contributed by atoms with Crippen LogP contribution >= 0.6 is 0 Å². The van der Waals surface area contributed by atoms with Gasteiger partial charge in [0.2, 0.25) is 0 Å². The molecule has 2 aliphatic rings. The van der Waals surface area contributed by atoms with Gasteiger partial charge in [-0.1, -0.05) is 32.1 Å². The van der Waals surface area contributed by atoms with E-state index < -0.39 is 34.9 Å². The zero-order valence-corrected chi connectivity index (χ0v) is 17.7. The second-order valence-electron chi connectivity index (χ2n) is 9.38. The van der Waals surface area contributed by atoms with Crippen LogP contribution in [0.3, 0.4) is 0 Å². The molecule has 3 N–H and O–H groups in total. The van der Waals surface area contributed by atoms with Gasteiger partial charge < -0.3 is 15.6 Å². The fourth-order valence-corrected chi connectivity index (χ4v) is 5.05. The molecule has 7 heteroatoms. The van der Waals surface area contributed by atoms with Gasteiger partial charge in [0.05, 0.1) is 12.6 Å². The molecule has 1 aliphatic heterocycles. The largest absolute Gasteiger partial charge is 0.480 e. The van der Waals surface area contributed by atoms with Crippen molar-refractivity contribution in [3.05, 3.63) is 0 Å². The second kappa shape index (κ2) is 8.91. The molecule has 0 bridgehead atoms. The van der Waals surface area contributed by atoms with Crippen LogP contribution in [0.4, 0.5) is 0 Å². The molecule has 1 saturated heterocycles. The average Bonchev–Trinajstić information content (AvgIpc) is 2.59. The van der Waals surface area contributed by atoms with E-state index in [0.29, 0.717) is 13.0 Å². The lowest BCUT2D eigenvalue weighted by Gasteiger charge is -2.51. The van der Waals surface area contributed by atoms with E-state index in [1.54, 1.807) is 20.8 Å². The summed E-state index contributed by atoms with van der Waals surface area (Å²) in [5.74, 6) is -2.37. The number of hydrogen-bond donors (Lipinski definition) is 2. The number of carbonyl (C=O) groups excluding carboxylic acids is 2. The molecular weight excluding hydrogens is 360 g/mol. The monoisotopic (exact) mass is 396 g/mol. The lowest BCUT2D eigenvalue weighted by atomic mass is 9.63. The molecule has 1 aliphatic carbocycles.